The van der Waals surface area contributed by atoms with Crippen molar-refractivity contribution in [3.63, 3.8) is 0 Å². The molecular formula is C7H12F3NO. The molecule has 12 heavy (non-hydrogen) atoms. The fourth-order valence-electron chi connectivity index (χ4n) is 1.36. The van der Waals surface area contributed by atoms with Crippen LogP contribution in [0.2, 0.25) is 0 Å². The molecule has 0 amide bonds. The van der Waals surface area contributed by atoms with Gasteiger partial charge in [-0.1, -0.05) is 0 Å². The number of alkyl halides is 3. The van der Waals surface area contributed by atoms with Gasteiger partial charge in [0.15, 0.2) is 0 Å². The molecule has 1 aliphatic rings. The first kappa shape index (κ1) is 9.80. The van der Waals surface area contributed by atoms with Gasteiger partial charge >= 0.3 is 6.18 Å². The Kier molecular flexibility index (Phi) is 2.95. The lowest BCUT2D eigenvalue weighted by Gasteiger charge is -2.30. The lowest BCUT2D eigenvalue weighted by Crippen LogP contribution is -2.43. The van der Waals surface area contributed by atoms with Crippen LogP contribution >= 0.6 is 0 Å². The highest BCUT2D eigenvalue weighted by Gasteiger charge is 2.42. The molecule has 0 aliphatic carbocycles. The maximum Gasteiger partial charge on any atom is 0.392 e. The minimum absolute atomic E-state index is 0.0278. The largest absolute Gasteiger partial charge is 0.392 e. The molecule has 2 atom stereocenters. The van der Waals surface area contributed by atoms with E-state index in [1.165, 1.54) is 7.11 Å². The van der Waals surface area contributed by atoms with Gasteiger partial charge in [-0.3, -0.25) is 5.32 Å². The third-order valence-electron chi connectivity index (χ3n) is 2.11. The predicted octanol–water partition coefficient (Wildman–Crippen LogP) is 1.52. The molecule has 72 valence electrons. The van der Waals surface area contributed by atoms with E-state index in [1.807, 2.05) is 0 Å². The van der Waals surface area contributed by atoms with Crippen LogP contribution in [0.1, 0.15) is 12.8 Å². The van der Waals surface area contributed by atoms with E-state index < -0.39 is 18.3 Å². The Labute approximate surface area is 69.1 Å². The maximum absolute atomic E-state index is 12.2. The topological polar surface area (TPSA) is 21.3 Å². The fourth-order valence-corrected chi connectivity index (χ4v) is 1.36. The number of hydrogen-bond acceptors (Lipinski definition) is 2. The Hall–Kier alpha value is -0.290. The normalized spacial score (nSPS) is 32.0. The monoisotopic (exact) mass is 183 g/mol. The molecule has 0 aromatic heterocycles. The summed E-state index contributed by atoms with van der Waals surface area (Å²) in [7, 11) is 1.41. The van der Waals surface area contributed by atoms with E-state index in [1.54, 1.807) is 0 Å². The number of rotatable bonds is 1. The van der Waals surface area contributed by atoms with Crippen LogP contribution in [-0.4, -0.2) is 26.1 Å². The molecule has 1 N–H and O–H groups in total. The molecule has 0 aromatic rings. The van der Waals surface area contributed by atoms with Gasteiger partial charge in [0, 0.05) is 7.11 Å². The molecule has 0 saturated carbocycles. The highest BCUT2D eigenvalue weighted by molar-refractivity contribution is 4.77. The number of hydrogen-bond donors (Lipinski definition) is 1. The van der Waals surface area contributed by atoms with Gasteiger partial charge < -0.3 is 4.74 Å². The van der Waals surface area contributed by atoms with Gasteiger partial charge in [0.1, 0.15) is 6.23 Å². The summed E-state index contributed by atoms with van der Waals surface area (Å²) in [5.74, 6) is -1.20. The zero-order valence-corrected chi connectivity index (χ0v) is 6.82. The number of halogens is 3. The van der Waals surface area contributed by atoms with Crippen LogP contribution in [0.3, 0.4) is 0 Å². The molecule has 0 spiro atoms. The molecule has 0 aromatic carbocycles. The number of ether oxygens (including phenoxy) is 1. The quantitative estimate of drug-likeness (QED) is 0.665. The molecule has 0 bridgehead atoms. The first-order valence-corrected chi connectivity index (χ1v) is 3.87. The molecule has 0 radical (unpaired) electrons. The van der Waals surface area contributed by atoms with E-state index in [-0.39, 0.29) is 12.8 Å². The molecule has 1 heterocycles. The Morgan fingerprint density at radius 3 is 2.58 bits per heavy atom. The van der Waals surface area contributed by atoms with Crippen LogP contribution in [-0.2, 0) is 4.74 Å². The molecule has 1 aliphatic heterocycles. The Balaban J connectivity index is 2.46. The van der Waals surface area contributed by atoms with Gasteiger partial charge in [0.05, 0.1) is 5.92 Å². The second-order valence-corrected chi connectivity index (χ2v) is 2.94. The third kappa shape index (κ3) is 2.35. The van der Waals surface area contributed by atoms with Crippen molar-refractivity contribution in [2.75, 3.05) is 13.7 Å². The number of piperidine rings is 1. The SMILES string of the molecule is COC1CC(C(F)(F)F)CCN1. The van der Waals surface area contributed by atoms with Crippen molar-refractivity contribution in [1.29, 1.82) is 0 Å². The third-order valence-corrected chi connectivity index (χ3v) is 2.11. The Morgan fingerprint density at radius 2 is 2.08 bits per heavy atom. The van der Waals surface area contributed by atoms with E-state index in [4.69, 9.17) is 4.74 Å². The minimum atomic E-state index is -4.07. The lowest BCUT2D eigenvalue weighted by atomic mass is 9.96. The average molecular weight is 183 g/mol. The zero-order valence-electron chi connectivity index (χ0n) is 6.82. The summed E-state index contributed by atoms with van der Waals surface area (Å²) in [6.07, 6.45) is -4.33. The molecule has 5 heteroatoms. The second-order valence-electron chi connectivity index (χ2n) is 2.94. The van der Waals surface area contributed by atoms with E-state index in [2.05, 4.69) is 5.32 Å². The summed E-state index contributed by atoms with van der Waals surface area (Å²) in [6, 6.07) is 0. The summed E-state index contributed by atoms with van der Waals surface area (Å²) < 4.78 is 41.3. The maximum atomic E-state index is 12.2. The number of methoxy groups -OCH3 is 1. The van der Waals surface area contributed by atoms with Gasteiger partial charge in [-0.05, 0) is 19.4 Å². The first-order valence-electron chi connectivity index (χ1n) is 3.87. The first-order chi connectivity index (χ1) is 5.54. The summed E-state index contributed by atoms with van der Waals surface area (Å²) in [5, 5.41) is 2.85. The molecule has 1 saturated heterocycles. The van der Waals surface area contributed by atoms with E-state index in [0.717, 1.165) is 0 Å². The second kappa shape index (κ2) is 3.62. The van der Waals surface area contributed by atoms with Crippen molar-refractivity contribution in [1.82, 2.24) is 5.32 Å². The lowest BCUT2D eigenvalue weighted by molar-refractivity contribution is -0.191. The Bertz CT molecular complexity index is 148. The summed E-state index contributed by atoms with van der Waals surface area (Å²) in [4.78, 5) is 0. The van der Waals surface area contributed by atoms with Gasteiger partial charge in [0.2, 0.25) is 0 Å². The highest BCUT2D eigenvalue weighted by Crippen LogP contribution is 2.33. The highest BCUT2D eigenvalue weighted by atomic mass is 19.4. The van der Waals surface area contributed by atoms with Crippen molar-refractivity contribution in [3.8, 4) is 0 Å². The van der Waals surface area contributed by atoms with E-state index in [0.29, 0.717) is 6.54 Å². The van der Waals surface area contributed by atoms with Crippen molar-refractivity contribution in [3.05, 3.63) is 0 Å². The van der Waals surface area contributed by atoms with Crippen LogP contribution in [0.15, 0.2) is 0 Å². The van der Waals surface area contributed by atoms with Crippen molar-refractivity contribution in [2.45, 2.75) is 25.2 Å². The fraction of sp³-hybridized carbons (Fsp3) is 1.00. The van der Waals surface area contributed by atoms with Crippen LogP contribution in [0, 0.1) is 5.92 Å². The van der Waals surface area contributed by atoms with Crippen LogP contribution in [0.4, 0.5) is 13.2 Å². The van der Waals surface area contributed by atoms with Crippen molar-refractivity contribution in [2.24, 2.45) is 5.92 Å². The van der Waals surface area contributed by atoms with Crippen LogP contribution in [0.5, 0.6) is 0 Å². The smallest absolute Gasteiger partial charge is 0.367 e. The molecule has 1 fully saturated rings. The summed E-state index contributed by atoms with van der Waals surface area (Å²) in [5.41, 5.74) is 0. The zero-order chi connectivity index (χ0) is 9.19. The summed E-state index contributed by atoms with van der Waals surface area (Å²) >= 11 is 0. The van der Waals surface area contributed by atoms with Gasteiger partial charge in [-0.25, -0.2) is 0 Å². The summed E-state index contributed by atoms with van der Waals surface area (Å²) in [6.45, 7) is 0.378. The standard InChI is InChI=1S/C7H12F3NO/c1-12-6-4-5(2-3-11-6)7(8,9)10/h5-6,11H,2-4H2,1H3. The van der Waals surface area contributed by atoms with Gasteiger partial charge in [-0.15, -0.1) is 0 Å². The van der Waals surface area contributed by atoms with Crippen LogP contribution < -0.4 is 5.32 Å². The molecule has 2 nitrogen and oxygen atoms in total. The van der Waals surface area contributed by atoms with E-state index >= 15 is 0 Å². The molecular weight excluding hydrogens is 171 g/mol. The average Bonchev–Trinajstić information content (AvgIpc) is 2.03. The van der Waals surface area contributed by atoms with E-state index in [9.17, 15) is 13.2 Å². The molecule has 2 unspecified atom stereocenters. The predicted molar refractivity (Wildman–Crippen MR) is 37.6 cm³/mol. The van der Waals surface area contributed by atoms with Crippen molar-refractivity contribution >= 4 is 0 Å². The van der Waals surface area contributed by atoms with Gasteiger partial charge in [-0.2, -0.15) is 13.2 Å². The van der Waals surface area contributed by atoms with Gasteiger partial charge in [0.25, 0.3) is 0 Å². The molecule has 1 rings (SSSR count). The minimum Gasteiger partial charge on any atom is -0.367 e. The van der Waals surface area contributed by atoms with Crippen molar-refractivity contribution < 1.29 is 17.9 Å². The number of nitrogens with one attached hydrogen (secondary N) is 1. The van der Waals surface area contributed by atoms with Crippen LogP contribution in [0.25, 0.3) is 0 Å². The Morgan fingerprint density at radius 1 is 1.42 bits per heavy atom.